The minimum Gasteiger partial charge on any atom is -0.618 e. The van der Waals surface area contributed by atoms with Crippen LogP contribution in [0.25, 0.3) is 11.0 Å². The van der Waals surface area contributed by atoms with Gasteiger partial charge in [-0.15, -0.1) is 4.73 Å². The highest BCUT2D eigenvalue weighted by atomic mass is 16.5. The molecule has 0 saturated heterocycles. The lowest BCUT2D eigenvalue weighted by Gasteiger charge is -2.10. The van der Waals surface area contributed by atoms with E-state index in [0.29, 0.717) is 9.46 Å². The first kappa shape index (κ1) is 12.1. The van der Waals surface area contributed by atoms with Crippen LogP contribution in [0.15, 0.2) is 24.3 Å². The van der Waals surface area contributed by atoms with Gasteiger partial charge >= 0.3 is 11.6 Å². The number of fused-ring (bicyclic) bond motifs is 1. The molecule has 0 atom stereocenters. The number of aliphatic hydroxyl groups is 1. The third kappa shape index (κ3) is 1.70. The first-order valence-electron chi connectivity index (χ1n) is 5.25. The van der Waals surface area contributed by atoms with Crippen LogP contribution in [0, 0.1) is 10.4 Å². The molecule has 94 valence electrons. The van der Waals surface area contributed by atoms with Gasteiger partial charge in [-0.3, -0.25) is 4.79 Å². The van der Waals surface area contributed by atoms with Crippen molar-refractivity contribution >= 4 is 16.9 Å². The van der Waals surface area contributed by atoms with Crippen molar-refractivity contribution < 1.29 is 19.4 Å². The number of para-hydroxylation sites is 2. The van der Waals surface area contributed by atoms with Crippen molar-refractivity contribution in [3.05, 3.63) is 46.1 Å². The minimum atomic E-state index is -0.996. The summed E-state index contributed by atoms with van der Waals surface area (Å²) in [7, 11) is 0. The van der Waals surface area contributed by atoms with Crippen LogP contribution >= 0.6 is 0 Å². The van der Waals surface area contributed by atoms with Crippen molar-refractivity contribution in [1.29, 1.82) is 0 Å². The minimum absolute atomic E-state index is 0.0583. The van der Waals surface area contributed by atoms with Crippen molar-refractivity contribution in [3.8, 4) is 0 Å². The van der Waals surface area contributed by atoms with Crippen molar-refractivity contribution in [2.45, 2.75) is 6.42 Å². The Labute approximate surface area is 102 Å². The van der Waals surface area contributed by atoms with Crippen LogP contribution in [-0.4, -0.2) is 17.6 Å². The normalized spacial score (nSPS) is 10.7. The second-order valence-corrected chi connectivity index (χ2v) is 3.71. The number of hydrogen-bond donors (Lipinski definition) is 2. The van der Waals surface area contributed by atoms with Gasteiger partial charge < -0.3 is 21.3 Å². The summed E-state index contributed by atoms with van der Waals surface area (Å²) in [5.74, 6) is -0.996. The molecule has 0 bridgehead atoms. The van der Waals surface area contributed by atoms with Gasteiger partial charge in [-0.2, -0.15) is 4.73 Å². The smallest absolute Gasteiger partial charge is 0.350 e. The topological polar surface area (TPSA) is 117 Å². The molecule has 7 nitrogen and oxygen atoms in total. The maximum Gasteiger partial charge on any atom is 0.350 e. The van der Waals surface area contributed by atoms with Gasteiger partial charge in [0.05, 0.1) is 13.0 Å². The number of rotatable bonds is 3. The zero-order valence-electron chi connectivity index (χ0n) is 9.37. The van der Waals surface area contributed by atoms with Crippen molar-refractivity contribution in [1.82, 2.24) is 0 Å². The summed E-state index contributed by atoms with van der Waals surface area (Å²) in [4.78, 5) is 11.3. The van der Waals surface area contributed by atoms with E-state index in [0.717, 1.165) is 0 Å². The molecule has 0 aliphatic rings. The number of carbonyl (C=O) groups excluding carboxylic acids is 1. The highest BCUT2D eigenvalue weighted by Gasteiger charge is 2.31. The van der Waals surface area contributed by atoms with Crippen LogP contribution in [0.2, 0.25) is 0 Å². The lowest BCUT2D eigenvalue weighted by molar-refractivity contribution is -0.636. The number of carbonyl (C=O) groups is 1. The molecule has 1 aromatic carbocycles. The Morgan fingerprint density at radius 3 is 2.28 bits per heavy atom. The van der Waals surface area contributed by atoms with Crippen LogP contribution in [0.1, 0.15) is 16.2 Å². The van der Waals surface area contributed by atoms with E-state index < -0.39 is 11.6 Å². The van der Waals surface area contributed by atoms with Gasteiger partial charge in [0, 0.05) is 12.1 Å². The lowest BCUT2D eigenvalue weighted by atomic mass is 10.2. The van der Waals surface area contributed by atoms with Gasteiger partial charge in [0.1, 0.15) is 0 Å². The Morgan fingerprint density at radius 1 is 1.22 bits per heavy atom. The van der Waals surface area contributed by atoms with Crippen LogP contribution < -0.4 is 15.2 Å². The number of amides is 1. The number of benzene rings is 1. The summed E-state index contributed by atoms with van der Waals surface area (Å²) in [6.45, 7) is -0.360. The maximum absolute atomic E-state index is 12.0. The average molecular weight is 249 g/mol. The zero-order valence-corrected chi connectivity index (χ0v) is 9.37. The van der Waals surface area contributed by atoms with Crippen molar-refractivity contribution in [3.63, 3.8) is 0 Å². The first-order chi connectivity index (χ1) is 8.57. The fourth-order valence-electron chi connectivity index (χ4n) is 1.86. The quantitative estimate of drug-likeness (QED) is 0.521. The van der Waals surface area contributed by atoms with Crippen LogP contribution in [0.3, 0.4) is 0 Å². The largest absolute Gasteiger partial charge is 0.618 e. The summed E-state index contributed by atoms with van der Waals surface area (Å²) < 4.78 is 0.789. The highest BCUT2D eigenvalue weighted by molar-refractivity contribution is 5.91. The van der Waals surface area contributed by atoms with Crippen LogP contribution in [-0.2, 0) is 6.42 Å². The predicted octanol–water partition coefficient (Wildman–Crippen LogP) is -1.26. The molecular weight excluding hydrogens is 238 g/mol. The van der Waals surface area contributed by atoms with E-state index in [1.807, 2.05) is 0 Å². The molecule has 0 unspecified atom stereocenters. The number of aliphatic hydroxyl groups excluding tert-OH is 1. The van der Waals surface area contributed by atoms with E-state index in [1.165, 1.54) is 12.1 Å². The maximum atomic E-state index is 12.0. The Bertz CT molecular complexity index is 627. The number of primary amides is 1. The van der Waals surface area contributed by atoms with Crippen molar-refractivity contribution in [2.75, 3.05) is 6.61 Å². The van der Waals surface area contributed by atoms with E-state index in [4.69, 9.17) is 10.8 Å². The average Bonchev–Trinajstić information content (AvgIpc) is 2.35. The number of aromatic nitrogens is 2. The third-order valence-corrected chi connectivity index (χ3v) is 2.62. The van der Waals surface area contributed by atoms with Gasteiger partial charge in [0.2, 0.25) is 0 Å². The van der Waals surface area contributed by atoms with Gasteiger partial charge in [-0.1, -0.05) is 12.1 Å². The van der Waals surface area contributed by atoms with Gasteiger partial charge in [-0.05, 0) is 0 Å². The molecule has 18 heavy (non-hydrogen) atoms. The Balaban J connectivity index is 2.91. The molecule has 0 radical (unpaired) electrons. The predicted molar refractivity (Wildman–Crippen MR) is 61.2 cm³/mol. The molecule has 0 aliphatic heterocycles. The van der Waals surface area contributed by atoms with E-state index in [-0.39, 0.29) is 29.8 Å². The second-order valence-electron chi connectivity index (χ2n) is 3.71. The standard InChI is InChI=1S/C11H11N3O4/c12-11(16)10-9(5-6-15)13(17)7-3-1-2-4-8(7)14(10)18/h1-4,15H,5-6H2,(H2,12,16). The van der Waals surface area contributed by atoms with E-state index in [9.17, 15) is 15.2 Å². The van der Waals surface area contributed by atoms with Crippen molar-refractivity contribution in [2.24, 2.45) is 5.73 Å². The molecule has 2 rings (SSSR count). The molecule has 0 aliphatic carbocycles. The van der Waals surface area contributed by atoms with Gasteiger partial charge in [-0.25, -0.2) is 0 Å². The summed E-state index contributed by atoms with van der Waals surface area (Å²) in [5.41, 5.74) is 4.74. The Kier molecular flexibility index (Phi) is 2.99. The molecule has 1 heterocycles. The van der Waals surface area contributed by atoms with Crippen LogP contribution in [0.4, 0.5) is 0 Å². The summed E-state index contributed by atoms with van der Waals surface area (Å²) in [5, 5.41) is 32.9. The number of nitrogens with two attached hydrogens (primary N) is 1. The van der Waals surface area contributed by atoms with E-state index in [1.54, 1.807) is 12.1 Å². The molecule has 0 saturated carbocycles. The second kappa shape index (κ2) is 4.46. The molecule has 7 heteroatoms. The fourth-order valence-corrected chi connectivity index (χ4v) is 1.86. The third-order valence-electron chi connectivity index (χ3n) is 2.62. The van der Waals surface area contributed by atoms with E-state index in [2.05, 4.69) is 0 Å². The SMILES string of the molecule is NC(=O)c1c(CCO)[n+]([O-])c2ccccc2[n+]1[O-]. The number of nitrogens with zero attached hydrogens (tertiary/aromatic N) is 2. The summed E-state index contributed by atoms with van der Waals surface area (Å²) in [6, 6.07) is 6.06. The summed E-state index contributed by atoms with van der Waals surface area (Å²) in [6.07, 6.45) is -0.116. The summed E-state index contributed by atoms with van der Waals surface area (Å²) >= 11 is 0. The molecule has 0 fully saturated rings. The monoisotopic (exact) mass is 249 g/mol. The molecule has 3 N–H and O–H groups in total. The Hall–Kier alpha value is -2.41. The molecule has 1 aromatic heterocycles. The highest BCUT2D eigenvalue weighted by Crippen LogP contribution is 2.09. The number of hydrogen-bond acceptors (Lipinski definition) is 4. The molecule has 0 spiro atoms. The zero-order chi connectivity index (χ0) is 13.3. The molecule has 1 amide bonds. The first-order valence-corrected chi connectivity index (χ1v) is 5.25. The molecule has 2 aromatic rings. The van der Waals surface area contributed by atoms with Crippen LogP contribution in [0.5, 0.6) is 0 Å². The molecular formula is C11H11N3O4. The fraction of sp³-hybridized carbons (Fsp3) is 0.182. The van der Waals surface area contributed by atoms with Gasteiger partial charge in [0.25, 0.3) is 16.7 Å². The Morgan fingerprint density at radius 2 is 1.78 bits per heavy atom. The lowest BCUT2D eigenvalue weighted by Crippen LogP contribution is -2.49. The van der Waals surface area contributed by atoms with Gasteiger partial charge in [0.15, 0.2) is 0 Å². The van der Waals surface area contributed by atoms with E-state index >= 15 is 0 Å².